The Morgan fingerprint density at radius 3 is 2.67 bits per heavy atom. The number of anilines is 1. The van der Waals surface area contributed by atoms with Crippen LogP contribution in [0.2, 0.25) is 0 Å². The Labute approximate surface area is 145 Å². The molecule has 0 radical (unpaired) electrons. The van der Waals surface area contributed by atoms with Crippen molar-refractivity contribution < 1.29 is 9.53 Å². The molecule has 0 fully saturated rings. The molecule has 0 saturated heterocycles. The zero-order chi connectivity index (χ0) is 17.3. The van der Waals surface area contributed by atoms with E-state index in [0.29, 0.717) is 16.4 Å². The summed E-state index contributed by atoms with van der Waals surface area (Å²) in [5, 5.41) is 3.47. The first kappa shape index (κ1) is 16.5. The van der Waals surface area contributed by atoms with Crippen LogP contribution in [0.3, 0.4) is 0 Å². The number of benzene rings is 2. The summed E-state index contributed by atoms with van der Waals surface area (Å²) >= 11 is 1.49. The van der Waals surface area contributed by atoms with Gasteiger partial charge in [-0.15, -0.1) is 0 Å². The molecule has 0 unspecified atom stereocenters. The van der Waals surface area contributed by atoms with Gasteiger partial charge in [0.1, 0.15) is 5.75 Å². The Balaban J connectivity index is 1.86. The van der Waals surface area contributed by atoms with E-state index in [0.717, 1.165) is 10.2 Å². The van der Waals surface area contributed by atoms with E-state index in [4.69, 9.17) is 4.74 Å². The van der Waals surface area contributed by atoms with E-state index in [2.05, 4.69) is 43.2 Å². The highest BCUT2D eigenvalue weighted by Crippen LogP contribution is 2.31. The average molecular weight is 340 g/mol. The molecule has 0 saturated carbocycles. The number of methoxy groups -OCH3 is 1. The van der Waals surface area contributed by atoms with Gasteiger partial charge in [-0.25, -0.2) is 4.98 Å². The fraction of sp³-hybridized carbons (Fsp3) is 0.263. The topological polar surface area (TPSA) is 51.2 Å². The third-order valence-corrected chi connectivity index (χ3v) is 4.74. The predicted octanol–water partition coefficient (Wildman–Crippen LogP) is 4.85. The quantitative estimate of drug-likeness (QED) is 0.741. The van der Waals surface area contributed by atoms with Crippen molar-refractivity contribution in [3.8, 4) is 5.75 Å². The van der Waals surface area contributed by atoms with Crippen molar-refractivity contribution in [2.75, 3.05) is 12.4 Å². The van der Waals surface area contributed by atoms with Gasteiger partial charge in [0, 0.05) is 5.56 Å². The second-order valence-electron chi connectivity index (χ2n) is 6.64. The van der Waals surface area contributed by atoms with Crippen molar-refractivity contribution in [2.24, 2.45) is 0 Å². The van der Waals surface area contributed by atoms with Gasteiger partial charge >= 0.3 is 0 Å². The van der Waals surface area contributed by atoms with Crippen LogP contribution in [-0.2, 0) is 5.41 Å². The lowest BCUT2D eigenvalue weighted by molar-refractivity contribution is 0.102. The molecular formula is C19H20N2O2S. The lowest BCUT2D eigenvalue weighted by Gasteiger charge is -2.18. The third-order valence-electron chi connectivity index (χ3n) is 3.81. The van der Waals surface area contributed by atoms with Crippen LogP contribution in [0.4, 0.5) is 5.13 Å². The summed E-state index contributed by atoms with van der Waals surface area (Å²) in [6, 6.07) is 13.3. The number of thiazole rings is 1. The Kier molecular flexibility index (Phi) is 4.28. The fourth-order valence-corrected chi connectivity index (χ4v) is 3.28. The second-order valence-corrected chi connectivity index (χ2v) is 7.67. The maximum absolute atomic E-state index is 12.4. The molecule has 124 valence electrons. The van der Waals surface area contributed by atoms with Gasteiger partial charge in [-0.1, -0.05) is 44.2 Å². The normalized spacial score (nSPS) is 11.5. The summed E-state index contributed by atoms with van der Waals surface area (Å²) in [6.07, 6.45) is 0. The highest BCUT2D eigenvalue weighted by atomic mass is 32.1. The molecule has 1 heterocycles. The summed E-state index contributed by atoms with van der Waals surface area (Å²) in [6.45, 7) is 6.54. The number of nitrogens with zero attached hydrogens (tertiary/aromatic N) is 1. The molecule has 24 heavy (non-hydrogen) atoms. The van der Waals surface area contributed by atoms with E-state index in [-0.39, 0.29) is 11.3 Å². The monoisotopic (exact) mass is 340 g/mol. The summed E-state index contributed by atoms with van der Waals surface area (Å²) in [7, 11) is 1.58. The number of rotatable bonds is 3. The van der Waals surface area contributed by atoms with Crippen LogP contribution in [0.15, 0.2) is 42.5 Å². The van der Waals surface area contributed by atoms with Crippen LogP contribution in [0, 0.1) is 0 Å². The smallest absolute Gasteiger partial charge is 0.257 e. The highest BCUT2D eigenvalue weighted by molar-refractivity contribution is 7.22. The van der Waals surface area contributed by atoms with Crippen molar-refractivity contribution in [1.29, 1.82) is 0 Å². The molecule has 0 spiro atoms. The number of fused-ring (bicyclic) bond motifs is 1. The van der Waals surface area contributed by atoms with Gasteiger partial charge in [-0.05, 0) is 41.3 Å². The van der Waals surface area contributed by atoms with Crippen LogP contribution in [0.1, 0.15) is 36.7 Å². The number of nitrogens with one attached hydrogen (secondary N) is 1. The van der Waals surface area contributed by atoms with Crippen LogP contribution in [0.5, 0.6) is 5.75 Å². The molecule has 1 N–H and O–H groups in total. The SMILES string of the molecule is COc1cccc(C(=O)Nc2nc3ccc(C(C)(C)C)cc3s2)c1. The number of hydrogen-bond donors (Lipinski definition) is 1. The second kappa shape index (κ2) is 6.24. The van der Waals surface area contributed by atoms with Crippen molar-refractivity contribution in [2.45, 2.75) is 26.2 Å². The van der Waals surface area contributed by atoms with Gasteiger partial charge < -0.3 is 4.74 Å². The molecule has 0 aliphatic heterocycles. The number of carbonyl (C=O) groups is 1. The van der Waals surface area contributed by atoms with Gasteiger partial charge in [0.25, 0.3) is 5.91 Å². The number of ether oxygens (including phenoxy) is 1. The molecule has 5 heteroatoms. The molecule has 0 atom stereocenters. The number of carbonyl (C=O) groups excluding carboxylic acids is 1. The van der Waals surface area contributed by atoms with E-state index in [1.807, 2.05) is 12.1 Å². The van der Waals surface area contributed by atoms with Crippen molar-refractivity contribution in [1.82, 2.24) is 4.98 Å². The zero-order valence-electron chi connectivity index (χ0n) is 14.2. The lowest BCUT2D eigenvalue weighted by Crippen LogP contribution is -2.11. The number of hydrogen-bond acceptors (Lipinski definition) is 4. The molecule has 4 nitrogen and oxygen atoms in total. The van der Waals surface area contributed by atoms with Gasteiger partial charge in [0.05, 0.1) is 17.3 Å². The fourth-order valence-electron chi connectivity index (χ4n) is 2.38. The average Bonchev–Trinajstić information content (AvgIpc) is 2.95. The van der Waals surface area contributed by atoms with Crippen molar-refractivity contribution in [3.63, 3.8) is 0 Å². The zero-order valence-corrected chi connectivity index (χ0v) is 15.0. The number of aromatic nitrogens is 1. The van der Waals surface area contributed by atoms with Gasteiger partial charge in [0.2, 0.25) is 0 Å². The van der Waals surface area contributed by atoms with E-state index in [9.17, 15) is 4.79 Å². The first-order chi connectivity index (χ1) is 11.4. The summed E-state index contributed by atoms with van der Waals surface area (Å²) < 4.78 is 6.23. The molecule has 3 rings (SSSR count). The minimum absolute atomic E-state index is 0.0855. The van der Waals surface area contributed by atoms with E-state index in [1.165, 1.54) is 16.9 Å². The van der Waals surface area contributed by atoms with Crippen LogP contribution < -0.4 is 10.1 Å². The Hall–Kier alpha value is -2.40. The molecule has 2 aromatic carbocycles. The third kappa shape index (κ3) is 3.41. The molecule has 3 aromatic rings. The highest BCUT2D eigenvalue weighted by Gasteiger charge is 2.16. The molecule has 0 bridgehead atoms. The van der Waals surface area contributed by atoms with Crippen LogP contribution >= 0.6 is 11.3 Å². The van der Waals surface area contributed by atoms with Crippen LogP contribution in [-0.4, -0.2) is 18.0 Å². The maximum atomic E-state index is 12.4. The molecule has 1 amide bonds. The van der Waals surface area contributed by atoms with Crippen molar-refractivity contribution >= 4 is 32.6 Å². The van der Waals surface area contributed by atoms with E-state index in [1.54, 1.807) is 25.3 Å². The lowest BCUT2D eigenvalue weighted by atomic mass is 9.87. The molecule has 0 aliphatic rings. The first-order valence-corrected chi connectivity index (χ1v) is 8.55. The first-order valence-electron chi connectivity index (χ1n) is 7.73. The van der Waals surface area contributed by atoms with Gasteiger partial charge in [0.15, 0.2) is 5.13 Å². The maximum Gasteiger partial charge on any atom is 0.257 e. The Bertz CT molecular complexity index is 894. The van der Waals surface area contributed by atoms with Crippen LogP contribution in [0.25, 0.3) is 10.2 Å². The molecular weight excluding hydrogens is 320 g/mol. The van der Waals surface area contributed by atoms with Gasteiger partial charge in [-0.2, -0.15) is 0 Å². The number of amides is 1. The van der Waals surface area contributed by atoms with E-state index < -0.39 is 0 Å². The minimum Gasteiger partial charge on any atom is -0.497 e. The summed E-state index contributed by atoms with van der Waals surface area (Å²) in [5.74, 6) is 0.464. The largest absolute Gasteiger partial charge is 0.497 e. The Morgan fingerprint density at radius 2 is 1.96 bits per heavy atom. The molecule has 1 aromatic heterocycles. The minimum atomic E-state index is -0.191. The van der Waals surface area contributed by atoms with Gasteiger partial charge in [-0.3, -0.25) is 10.1 Å². The Morgan fingerprint density at radius 1 is 1.17 bits per heavy atom. The predicted molar refractivity (Wildman–Crippen MR) is 99.3 cm³/mol. The summed E-state index contributed by atoms with van der Waals surface area (Å²) in [5.41, 5.74) is 2.78. The molecule has 0 aliphatic carbocycles. The summed E-state index contributed by atoms with van der Waals surface area (Å²) in [4.78, 5) is 16.9. The standard InChI is InChI=1S/C19H20N2O2S/c1-19(2,3)13-8-9-15-16(11-13)24-18(20-15)21-17(22)12-6-5-7-14(10-12)23-4/h5-11H,1-4H3,(H,20,21,22). The van der Waals surface area contributed by atoms with E-state index >= 15 is 0 Å². The van der Waals surface area contributed by atoms with Crippen molar-refractivity contribution in [3.05, 3.63) is 53.6 Å².